The molecule has 0 saturated heterocycles. The molecule has 1 heterocycles. The van der Waals surface area contributed by atoms with Crippen molar-refractivity contribution < 1.29 is 9.18 Å². The molecule has 1 N–H and O–H groups in total. The Morgan fingerprint density at radius 3 is 2.70 bits per heavy atom. The average molecular weight is 315 g/mol. The number of hydrogen-bond donors (Lipinski definition) is 1. The number of nitrogens with zero attached hydrogens (tertiary/aromatic N) is 1. The lowest BCUT2D eigenvalue weighted by Crippen LogP contribution is -2.26. The molecule has 0 aliphatic carbocycles. The third kappa shape index (κ3) is 2.97. The standard InChI is InChI=1S/C14H13Cl2FN2O/c1-2-19-12(6-7-13(19)16)14(20)18-8-9-10(15)4-3-5-11(9)17/h3-7H,2,8H2,1H3,(H,18,20). The van der Waals surface area contributed by atoms with Crippen LogP contribution >= 0.6 is 23.2 Å². The van der Waals surface area contributed by atoms with Crippen molar-refractivity contribution in [2.75, 3.05) is 0 Å². The van der Waals surface area contributed by atoms with Gasteiger partial charge in [-0.1, -0.05) is 29.3 Å². The Balaban J connectivity index is 2.13. The lowest BCUT2D eigenvalue weighted by Gasteiger charge is -2.10. The van der Waals surface area contributed by atoms with Crippen LogP contribution in [0.4, 0.5) is 4.39 Å². The summed E-state index contributed by atoms with van der Waals surface area (Å²) in [6, 6.07) is 7.68. The quantitative estimate of drug-likeness (QED) is 0.913. The third-order valence-corrected chi connectivity index (χ3v) is 3.65. The SMILES string of the molecule is CCn1c(Cl)ccc1C(=O)NCc1c(F)cccc1Cl. The number of benzene rings is 1. The first-order chi connectivity index (χ1) is 9.54. The molecule has 0 fully saturated rings. The highest BCUT2D eigenvalue weighted by molar-refractivity contribution is 6.31. The number of carbonyl (C=O) groups is 1. The summed E-state index contributed by atoms with van der Waals surface area (Å²) in [5, 5.41) is 3.42. The highest BCUT2D eigenvalue weighted by Gasteiger charge is 2.14. The number of aromatic nitrogens is 1. The van der Waals surface area contributed by atoms with Crippen LogP contribution in [0.15, 0.2) is 30.3 Å². The number of amides is 1. The summed E-state index contributed by atoms with van der Waals surface area (Å²) in [4.78, 5) is 12.1. The summed E-state index contributed by atoms with van der Waals surface area (Å²) in [7, 11) is 0. The summed E-state index contributed by atoms with van der Waals surface area (Å²) in [5.74, 6) is -0.764. The Morgan fingerprint density at radius 2 is 2.05 bits per heavy atom. The first-order valence-corrected chi connectivity index (χ1v) is 6.86. The molecule has 0 aliphatic heterocycles. The van der Waals surface area contributed by atoms with E-state index >= 15 is 0 Å². The van der Waals surface area contributed by atoms with Crippen LogP contribution in [0, 0.1) is 5.82 Å². The van der Waals surface area contributed by atoms with Gasteiger partial charge in [0.25, 0.3) is 5.91 Å². The molecule has 20 heavy (non-hydrogen) atoms. The van der Waals surface area contributed by atoms with Gasteiger partial charge in [0.15, 0.2) is 0 Å². The maximum absolute atomic E-state index is 13.6. The van der Waals surface area contributed by atoms with Crippen molar-refractivity contribution in [2.45, 2.75) is 20.0 Å². The summed E-state index contributed by atoms with van der Waals surface area (Å²) in [6.07, 6.45) is 0. The fourth-order valence-electron chi connectivity index (χ4n) is 1.92. The summed E-state index contributed by atoms with van der Waals surface area (Å²) in [6.45, 7) is 2.49. The molecule has 106 valence electrons. The molecule has 0 aliphatic rings. The van der Waals surface area contributed by atoms with Gasteiger partial charge in [-0.2, -0.15) is 0 Å². The summed E-state index contributed by atoms with van der Waals surface area (Å²) >= 11 is 11.9. The normalized spacial score (nSPS) is 10.6. The minimum absolute atomic E-state index is 0.0247. The number of nitrogens with one attached hydrogen (secondary N) is 1. The van der Waals surface area contributed by atoms with E-state index < -0.39 is 5.82 Å². The predicted molar refractivity (Wildman–Crippen MR) is 77.7 cm³/mol. The van der Waals surface area contributed by atoms with Crippen molar-refractivity contribution in [3.8, 4) is 0 Å². The van der Waals surface area contributed by atoms with Gasteiger partial charge in [-0.25, -0.2) is 4.39 Å². The van der Waals surface area contributed by atoms with Gasteiger partial charge in [0.2, 0.25) is 0 Å². The molecule has 1 aromatic carbocycles. The molecule has 3 nitrogen and oxygen atoms in total. The lowest BCUT2D eigenvalue weighted by molar-refractivity contribution is 0.0941. The van der Waals surface area contributed by atoms with Crippen LogP contribution in [-0.4, -0.2) is 10.5 Å². The van der Waals surface area contributed by atoms with Crippen LogP contribution in [0.25, 0.3) is 0 Å². The van der Waals surface area contributed by atoms with Gasteiger partial charge in [0.05, 0.1) is 0 Å². The van der Waals surface area contributed by atoms with E-state index in [-0.39, 0.29) is 23.0 Å². The second kappa shape index (κ2) is 6.29. The molecule has 0 unspecified atom stereocenters. The number of halogens is 3. The topological polar surface area (TPSA) is 34.0 Å². The number of carbonyl (C=O) groups excluding carboxylic acids is 1. The van der Waals surface area contributed by atoms with Gasteiger partial charge in [-0.3, -0.25) is 4.79 Å². The molecule has 2 aromatic rings. The second-order valence-electron chi connectivity index (χ2n) is 4.17. The fraction of sp³-hybridized carbons (Fsp3) is 0.214. The highest BCUT2D eigenvalue weighted by atomic mass is 35.5. The zero-order valence-corrected chi connectivity index (χ0v) is 12.3. The summed E-state index contributed by atoms with van der Waals surface area (Å²) in [5.41, 5.74) is 0.702. The largest absolute Gasteiger partial charge is 0.347 e. The van der Waals surface area contributed by atoms with Crippen LogP contribution in [-0.2, 0) is 13.1 Å². The number of hydrogen-bond acceptors (Lipinski definition) is 1. The molecule has 0 atom stereocenters. The molecule has 1 amide bonds. The van der Waals surface area contributed by atoms with E-state index in [1.807, 2.05) is 6.92 Å². The Bertz CT molecular complexity index is 620. The Morgan fingerprint density at radius 1 is 1.30 bits per heavy atom. The van der Waals surface area contributed by atoms with Gasteiger partial charge < -0.3 is 9.88 Å². The Labute approximate surface area is 126 Å². The van der Waals surface area contributed by atoms with Crippen molar-refractivity contribution in [3.63, 3.8) is 0 Å². The van der Waals surface area contributed by atoms with Gasteiger partial charge in [-0.05, 0) is 31.2 Å². The molecule has 0 bridgehead atoms. The molecule has 0 spiro atoms. The van der Waals surface area contributed by atoms with Gasteiger partial charge in [0, 0.05) is 23.7 Å². The highest BCUT2D eigenvalue weighted by Crippen LogP contribution is 2.19. The first kappa shape index (κ1) is 14.9. The van der Waals surface area contributed by atoms with E-state index in [0.29, 0.717) is 17.4 Å². The molecular formula is C14H13Cl2FN2O. The molecule has 0 radical (unpaired) electrons. The van der Waals surface area contributed by atoms with Crippen molar-refractivity contribution in [1.29, 1.82) is 0 Å². The molecule has 2 rings (SSSR count). The molecule has 1 aromatic heterocycles. The van der Waals surface area contributed by atoms with Crippen LogP contribution in [0.1, 0.15) is 23.0 Å². The third-order valence-electron chi connectivity index (χ3n) is 2.96. The van der Waals surface area contributed by atoms with Crippen molar-refractivity contribution >= 4 is 29.1 Å². The van der Waals surface area contributed by atoms with E-state index in [4.69, 9.17) is 23.2 Å². The van der Waals surface area contributed by atoms with Crippen molar-refractivity contribution in [3.05, 3.63) is 57.6 Å². The molecular weight excluding hydrogens is 302 g/mol. The van der Waals surface area contributed by atoms with Gasteiger partial charge >= 0.3 is 0 Å². The molecule has 6 heteroatoms. The van der Waals surface area contributed by atoms with Gasteiger partial charge in [0.1, 0.15) is 16.7 Å². The zero-order valence-electron chi connectivity index (χ0n) is 10.8. The van der Waals surface area contributed by atoms with E-state index in [0.717, 1.165) is 0 Å². The average Bonchev–Trinajstić information content (AvgIpc) is 2.79. The van der Waals surface area contributed by atoms with Crippen LogP contribution in [0.5, 0.6) is 0 Å². The van der Waals surface area contributed by atoms with Crippen molar-refractivity contribution in [2.24, 2.45) is 0 Å². The zero-order chi connectivity index (χ0) is 14.7. The van der Waals surface area contributed by atoms with E-state index in [1.165, 1.54) is 12.1 Å². The van der Waals surface area contributed by atoms with E-state index in [1.54, 1.807) is 22.8 Å². The van der Waals surface area contributed by atoms with E-state index in [2.05, 4.69) is 5.32 Å². The van der Waals surface area contributed by atoms with Crippen LogP contribution in [0.3, 0.4) is 0 Å². The molecule has 0 saturated carbocycles. The fourth-order valence-corrected chi connectivity index (χ4v) is 2.43. The van der Waals surface area contributed by atoms with Gasteiger partial charge in [-0.15, -0.1) is 0 Å². The smallest absolute Gasteiger partial charge is 0.268 e. The minimum atomic E-state index is -0.443. The monoisotopic (exact) mass is 314 g/mol. The van der Waals surface area contributed by atoms with Crippen LogP contribution in [0.2, 0.25) is 10.2 Å². The Hall–Kier alpha value is -1.52. The van der Waals surface area contributed by atoms with Crippen molar-refractivity contribution in [1.82, 2.24) is 9.88 Å². The Kier molecular flexibility index (Phi) is 4.68. The predicted octanol–water partition coefficient (Wildman–Crippen LogP) is 3.88. The maximum Gasteiger partial charge on any atom is 0.268 e. The number of rotatable bonds is 4. The lowest BCUT2D eigenvalue weighted by atomic mass is 10.2. The maximum atomic E-state index is 13.6. The first-order valence-electron chi connectivity index (χ1n) is 6.10. The second-order valence-corrected chi connectivity index (χ2v) is 4.96. The minimum Gasteiger partial charge on any atom is -0.347 e. The van der Waals surface area contributed by atoms with Crippen LogP contribution < -0.4 is 5.32 Å². The van der Waals surface area contributed by atoms with E-state index in [9.17, 15) is 9.18 Å². The summed E-state index contributed by atoms with van der Waals surface area (Å²) < 4.78 is 15.3.